The molecule has 0 bridgehead atoms. The summed E-state index contributed by atoms with van der Waals surface area (Å²) in [5, 5.41) is 2.87. The van der Waals surface area contributed by atoms with Crippen molar-refractivity contribution < 1.29 is 36.9 Å². The van der Waals surface area contributed by atoms with Crippen LogP contribution in [0.4, 0.5) is 24.5 Å². The summed E-state index contributed by atoms with van der Waals surface area (Å²) < 4.78 is 61.1. The number of para-hydroxylation sites is 1. The number of esters is 1. The van der Waals surface area contributed by atoms with Gasteiger partial charge in [-0.05, 0) is 60.9 Å². The van der Waals surface area contributed by atoms with Gasteiger partial charge in [-0.3, -0.25) is 0 Å². The van der Waals surface area contributed by atoms with E-state index in [4.69, 9.17) is 18.9 Å². The minimum absolute atomic E-state index is 0.0226. The summed E-state index contributed by atoms with van der Waals surface area (Å²) in [6.45, 7) is 4.01. The molecule has 0 fully saturated rings. The molecule has 0 spiro atoms. The second-order valence-electron chi connectivity index (χ2n) is 10.5. The van der Waals surface area contributed by atoms with Crippen LogP contribution in [-0.4, -0.2) is 45.6 Å². The van der Waals surface area contributed by atoms with E-state index < -0.39 is 17.7 Å². The lowest BCUT2D eigenvalue weighted by molar-refractivity contribution is -0.137. The maximum atomic E-state index is 13.0. The minimum atomic E-state index is -4.46. The number of halogens is 3. The highest BCUT2D eigenvalue weighted by atomic mass is 19.4. The number of hydrogen-bond acceptors (Lipinski definition) is 6. The molecule has 0 unspecified atom stereocenters. The number of rotatable bonds is 21. The Hall–Kier alpha value is -3.56. The monoisotopic (exact) mass is 615 g/mol. The van der Waals surface area contributed by atoms with Gasteiger partial charge in [0.1, 0.15) is 19.0 Å². The molecule has 3 rings (SSSR count). The molecule has 0 radical (unpaired) electrons. The molecular weight excluding hydrogens is 571 g/mol. The Labute approximate surface area is 258 Å². The summed E-state index contributed by atoms with van der Waals surface area (Å²) in [4.78, 5) is 12.6. The maximum Gasteiger partial charge on any atom is 0.416 e. The van der Waals surface area contributed by atoms with Crippen molar-refractivity contribution in [3.8, 4) is 5.75 Å². The first kappa shape index (κ1) is 34.9. The van der Waals surface area contributed by atoms with Crippen molar-refractivity contribution >= 4 is 17.3 Å². The van der Waals surface area contributed by atoms with Gasteiger partial charge >= 0.3 is 12.1 Å². The van der Waals surface area contributed by atoms with Crippen LogP contribution < -0.4 is 10.1 Å². The van der Waals surface area contributed by atoms with Crippen molar-refractivity contribution in [3.05, 3.63) is 89.5 Å². The standard InChI is InChI=1S/C35H44F3NO5/c1-2-3-4-5-6-7-8-12-28-17-19-31(20-18-28)43-25-23-41-21-22-42-24-26-44-34(40)32-15-9-10-16-33(32)39-30-14-11-13-29(27-30)35(36,37)38/h9-11,13-20,27,39H,2-8,12,21-26H2,1H3. The Bertz CT molecular complexity index is 1230. The lowest BCUT2D eigenvalue weighted by Gasteiger charge is -2.13. The van der Waals surface area contributed by atoms with Gasteiger partial charge in [0.2, 0.25) is 0 Å². The van der Waals surface area contributed by atoms with Gasteiger partial charge in [-0.15, -0.1) is 0 Å². The Kier molecular flexibility index (Phi) is 15.6. The SMILES string of the molecule is CCCCCCCCCc1ccc(OCCOCCOCCOC(=O)c2ccccc2Nc2cccc(C(F)(F)F)c2)cc1. The largest absolute Gasteiger partial charge is 0.491 e. The molecule has 0 aromatic heterocycles. The number of nitrogens with one attached hydrogen (secondary N) is 1. The van der Waals surface area contributed by atoms with Gasteiger partial charge < -0.3 is 24.3 Å². The fourth-order valence-corrected chi connectivity index (χ4v) is 4.55. The third kappa shape index (κ3) is 13.4. The molecule has 0 saturated carbocycles. The van der Waals surface area contributed by atoms with Crippen molar-refractivity contribution in [3.63, 3.8) is 0 Å². The summed E-state index contributed by atoms with van der Waals surface area (Å²) in [5.74, 6) is 0.212. The average Bonchev–Trinajstić information content (AvgIpc) is 3.02. The second-order valence-corrected chi connectivity index (χ2v) is 10.5. The molecule has 6 nitrogen and oxygen atoms in total. The first-order valence-corrected chi connectivity index (χ1v) is 15.4. The number of aryl methyl sites for hydroxylation is 1. The van der Waals surface area contributed by atoms with E-state index in [2.05, 4.69) is 24.4 Å². The number of alkyl halides is 3. The fourth-order valence-electron chi connectivity index (χ4n) is 4.55. The zero-order valence-electron chi connectivity index (χ0n) is 25.5. The molecule has 0 aliphatic rings. The molecule has 0 saturated heterocycles. The van der Waals surface area contributed by atoms with Crippen molar-refractivity contribution in [2.45, 2.75) is 64.5 Å². The van der Waals surface area contributed by atoms with E-state index in [0.29, 0.717) is 32.1 Å². The van der Waals surface area contributed by atoms with Crippen LogP contribution in [0.2, 0.25) is 0 Å². The number of carbonyl (C=O) groups excluding carboxylic acids is 1. The van der Waals surface area contributed by atoms with Gasteiger partial charge in [0.25, 0.3) is 0 Å². The molecule has 1 N–H and O–H groups in total. The molecule has 3 aromatic rings. The lowest BCUT2D eigenvalue weighted by Crippen LogP contribution is -2.15. The van der Waals surface area contributed by atoms with Crippen molar-refractivity contribution in [2.24, 2.45) is 0 Å². The van der Waals surface area contributed by atoms with Gasteiger partial charge in [0.05, 0.1) is 43.2 Å². The predicted octanol–water partition coefficient (Wildman–Crippen LogP) is 9.01. The number of ether oxygens (including phenoxy) is 4. The normalized spacial score (nSPS) is 11.4. The Morgan fingerprint density at radius 3 is 2.11 bits per heavy atom. The molecule has 0 amide bonds. The van der Waals surface area contributed by atoms with Crippen LogP contribution >= 0.6 is 0 Å². The van der Waals surface area contributed by atoms with Gasteiger partial charge in [-0.2, -0.15) is 13.2 Å². The van der Waals surface area contributed by atoms with Crippen molar-refractivity contribution in [2.75, 3.05) is 45.0 Å². The quantitative estimate of drug-likeness (QED) is 0.0953. The van der Waals surface area contributed by atoms with Crippen LogP contribution in [-0.2, 0) is 26.8 Å². The first-order valence-electron chi connectivity index (χ1n) is 15.4. The van der Waals surface area contributed by atoms with E-state index >= 15 is 0 Å². The number of unbranched alkanes of at least 4 members (excludes halogenated alkanes) is 6. The molecule has 0 aliphatic carbocycles. The van der Waals surface area contributed by atoms with E-state index in [1.807, 2.05) is 12.1 Å². The minimum Gasteiger partial charge on any atom is -0.491 e. The number of carbonyl (C=O) groups is 1. The topological polar surface area (TPSA) is 66.0 Å². The molecule has 0 aliphatic heterocycles. The van der Waals surface area contributed by atoms with Gasteiger partial charge in [-0.25, -0.2) is 4.79 Å². The van der Waals surface area contributed by atoms with E-state index in [-0.39, 0.29) is 24.5 Å². The van der Waals surface area contributed by atoms with E-state index in [0.717, 1.165) is 24.3 Å². The highest BCUT2D eigenvalue weighted by molar-refractivity contribution is 5.96. The van der Waals surface area contributed by atoms with Crippen molar-refractivity contribution in [1.82, 2.24) is 0 Å². The van der Waals surface area contributed by atoms with Gasteiger partial charge in [-0.1, -0.05) is 75.8 Å². The number of hydrogen-bond donors (Lipinski definition) is 1. The third-order valence-corrected chi connectivity index (χ3v) is 6.94. The summed E-state index contributed by atoms with van der Waals surface area (Å²) in [6.07, 6.45) is 5.80. The van der Waals surface area contributed by atoms with Gasteiger partial charge in [0, 0.05) is 5.69 Å². The van der Waals surface area contributed by atoms with Crippen LogP contribution in [0.15, 0.2) is 72.8 Å². The number of anilines is 2. The third-order valence-electron chi connectivity index (χ3n) is 6.94. The molecular formula is C35H44F3NO5. The lowest BCUT2D eigenvalue weighted by atomic mass is 10.0. The van der Waals surface area contributed by atoms with Crippen LogP contribution in [0.3, 0.4) is 0 Å². The predicted molar refractivity (Wildman–Crippen MR) is 167 cm³/mol. The molecule has 0 atom stereocenters. The van der Waals surface area contributed by atoms with Crippen LogP contribution in [0.5, 0.6) is 5.75 Å². The zero-order chi connectivity index (χ0) is 31.5. The first-order chi connectivity index (χ1) is 21.4. The molecule has 9 heteroatoms. The maximum absolute atomic E-state index is 13.0. The summed E-state index contributed by atoms with van der Waals surface area (Å²) in [7, 11) is 0. The smallest absolute Gasteiger partial charge is 0.416 e. The van der Waals surface area contributed by atoms with Crippen LogP contribution in [0.1, 0.15) is 73.4 Å². The Balaban J connectivity index is 1.23. The Morgan fingerprint density at radius 2 is 1.39 bits per heavy atom. The van der Waals surface area contributed by atoms with Crippen molar-refractivity contribution in [1.29, 1.82) is 0 Å². The van der Waals surface area contributed by atoms with E-state index in [1.54, 1.807) is 24.3 Å². The van der Waals surface area contributed by atoms with Crippen LogP contribution in [0, 0.1) is 0 Å². The number of benzene rings is 3. The summed E-state index contributed by atoms with van der Waals surface area (Å²) >= 11 is 0. The molecule has 240 valence electrons. The van der Waals surface area contributed by atoms with Crippen LogP contribution in [0.25, 0.3) is 0 Å². The van der Waals surface area contributed by atoms with Gasteiger partial charge in [0.15, 0.2) is 0 Å². The highest BCUT2D eigenvalue weighted by Gasteiger charge is 2.30. The average molecular weight is 616 g/mol. The molecule has 44 heavy (non-hydrogen) atoms. The second kappa shape index (κ2) is 19.7. The molecule has 0 heterocycles. The Morgan fingerprint density at radius 1 is 0.727 bits per heavy atom. The van der Waals surface area contributed by atoms with E-state index in [1.165, 1.54) is 62.6 Å². The fraction of sp³-hybridized carbons (Fsp3) is 0.457. The zero-order valence-corrected chi connectivity index (χ0v) is 25.5. The van der Waals surface area contributed by atoms with E-state index in [9.17, 15) is 18.0 Å². The summed E-state index contributed by atoms with van der Waals surface area (Å²) in [5.41, 5.74) is 1.31. The molecule has 3 aromatic carbocycles. The summed E-state index contributed by atoms with van der Waals surface area (Å²) in [6, 6.07) is 19.5. The highest BCUT2D eigenvalue weighted by Crippen LogP contribution is 2.32.